The van der Waals surface area contributed by atoms with Crippen molar-refractivity contribution in [1.82, 2.24) is 15.5 Å². The molecule has 0 aromatic heterocycles. The number of nitrogens with zero attached hydrogens (tertiary/aromatic N) is 1. The van der Waals surface area contributed by atoms with Gasteiger partial charge >= 0.3 is 5.97 Å². The number of rotatable bonds is 12. The van der Waals surface area contributed by atoms with Crippen LogP contribution in [0, 0.1) is 3.57 Å². The number of imide groups is 1. The summed E-state index contributed by atoms with van der Waals surface area (Å²) in [5.74, 6) is -2.53. The minimum absolute atomic E-state index is 0.0822. The first-order chi connectivity index (χ1) is 14.8. The number of hydrogen-bond donors (Lipinski definition) is 3. The zero-order valence-corrected chi connectivity index (χ0v) is 19.0. The van der Waals surface area contributed by atoms with E-state index in [0.29, 0.717) is 31.4 Å². The maximum Gasteiger partial charge on any atom is 0.326 e. The van der Waals surface area contributed by atoms with Crippen molar-refractivity contribution in [3.8, 4) is 0 Å². The van der Waals surface area contributed by atoms with Crippen LogP contribution in [0.1, 0.15) is 42.5 Å². The maximum atomic E-state index is 12.1. The van der Waals surface area contributed by atoms with E-state index in [1.165, 1.54) is 12.2 Å². The first kappa shape index (κ1) is 24.5. The molecule has 0 spiro atoms. The van der Waals surface area contributed by atoms with E-state index in [4.69, 9.17) is 0 Å². The highest BCUT2D eigenvalue weighted by Crippen LogP contribution is 2.09. The van der Waals surface area contributed by atoms with E-state index < -0.39 is 17.9 Å². The first-order valence-corrected chi connectivity index (χ1v) is 11.0. The van der Waals surface area contributed by atoms with Crippen molar-refractivity contribution in [3.05, 3.63) is 45.6 Å². The summed E-state index contributed by atoms with van der Waals surface area (Å²) in [5.41, 5.74) is 0.537. The largest absolute Gasteiger partial charge is 0.480 e. The Morgan fingerprint density at radius 2 is 1.77 bits per heavy atom. The molecule has 166 valence electrons. The Balaban J connectivity index is 1.64. The number of unbranched alkanes of at least 4 members (excludes halogenated alkanes) is 1. The van der Waals surface area contributed by atoms with Crippen LogP contribution in [0.3, 0.4) is 0 Å². The van der Waals surface area contributed by atoms with Crippen molar-refractivity contribution in [2.75, 3.05) is 13.1 Å². The van der Waals surface area contributed by atoms with Crippen molar-refractivity contribution in [3.63, 3.8) is 0 Å². The highest BCUT2D eigenvalue weighted by atomic mass is 127. The van der Waals surface area contributed by atoms with Crippen LogP contribution < -0.4 is 10.6 Å². The summed E-state index contributed by atoms with van der Waals surface area (Å²) in [6.45, 7) is 0.506. The molecule has 1 aromatic carbocycles. The topological polar surface area (TPSA) is 133 Å². The lowest BCUT2D eigenvalue weighted by Crippen LogP contribution is -2.41. The third-order valence-electron chi connectivity index (χ3n) is 4.61. The fraction of sp³-hybridized carbons (Fsp3) is 0.381. The molecule has 0 unspecified atom stereocenters. The van der Waals surface area contributed by atoms with Crippen LogP contribution in [0.15, 0.2) is 36.4 Å². The molecular weight excluding hydrogens is 517 g/mol. The number of hydrogen-bond acceptors (Lipinski definition) is 5. The number of benzene rings is 1. The van der Waals surface area contributed by atoms with Gasteiger partial charge in [-0.15, -0.1) is 0 Å². The molecule has 0 bridgehead atoms. The average molecular weight is 541 g/mol. The summed E-state index contributed by atoms with van der Waals surface area (Å²) in [6.07, 6.45) is 3.92. The Morgan fingerprint density at radius 3 is 2.42 bits per heavy atom. The number of carboxylic acids is 1. The standard InChI is InChI=1S/C21H24IN3O6/c22-15-6-3-5-14(13-15)20(29)23-11-4-8-17(26)24-16(21(30)31)7-1-2-12-25-18(27)9-10-19(25)28/h3,5-6,9-10,13,16H,1-2,4,7-8,11-12H2,(H,23,29)(H,24,26)(H,30,31)/t16-/m0/s1. The molecule has 0 saturated carbocycles. The number of halogens is 1. The fourth-order valence-electron chi connectivity index (χ4n) is 2.98. The predicted molar refractivity (Wildman–Crippen MR) is 120 cm³/mol. The Kier molecular flexibility index (Phi) is 9.63. The number of nitrogens with one attached hydrogen (secondary N) is 2. The number of aliphatic carboxylic acids is 1. The van der Waals surface area contributed by atoms with Gasteiger partial charge in [0.25, 0.3) is 17.7 Å². The summed E-state index contributed by atoms with van der Waals surface area (Å²) in [5, 5.41) is 14.5. The third kappa shape index (κ3) is 8.12. The van der Waals surface area contributed by atoms with Gasteiger partial charge in [0.05, 0.1) is 0 Å². The van der Waals surface area contributed by atoms with Gasteiger partial charge < -0.3 is 15.7 Å². The number of carboxylic acid groups (broad SMARTS) is 1. The smallest absolute Gasteiger partial charge is 0.326 e. The molecule has 4 amide bonds. The Bertz CT molecular complexity index is 868. The predicted octanol–water partition coefficient (Wildman–Crippen LogP) is 1.47. The van der Waals surface area contributed by atoms with Crippen LogP contribution in [-0.2, 0) is 19.2 Å². The Labute approximate surface area is 193 Å². The molecule has 1 aliphatic heterocycles. The molecule has 2 rings (SSSR count). The lowest BCUT2D eigenvalue weighted by Gasteiger charge is -2.16. The minimum atomic E-state index is -1.14. The van der Waals surface area contributed by atoms with Gasteiger partial charge in [-0.25, -0.2) is 4.79 Å². The van der Waals surface area contributed by atoms with Crippen LogP contribution >= 0.6 is 22.6 Å². The second-order valence-corrected chi connectivity index (χ2v) is 8.23. The quantitative estimate of drug-likeness (QED) is 0.209. The van der Waals surface area contributed by atoms with E-state index in [0.717, 1.165) is 8.47 Å². The van der Waals surface area contributed by atoms with Crippen LogP contribution in [0.2, 0.25) is 0 Å². The molecule has 31 heavy (non-hydrogen) atoms. The molecule has 9 nitrogen and oxygen atoms in total. The lowest BCUT2D eigenvalue weighted by molar-refractivity contribution is -0.142. The summed E-state index contributed by atoms with van der Waals surface area (Å²) in [6, 6.07) is 6.08. The van der Waals surface area contributed by atoms with Crippen LogP contribution in [-0.4, -0.2) is 58.7 Å². The highest BCUT2D eigenvalue weighted by molar-refractivity contribution is 14.1. The molecular formula is C21H24IN3O6. The van der Waals surface area contributed by atoms with Gasteiger partial charge in [-0.3, -0.25) is 24.1 Å². The third-order valence-corrected chi connectivity index (χ3v) is 5.28. The maximum absolute atomic E-state index is 12.1. The van der Waals surface area contributed by atoms with Crippen molar-refractivity contribution in [2.24, 2.45) is 0 Å². The van der Waals surface area contributed by atoms with Crippen molar-refractivity contribution < 1.29 is 29.1 Å². The highest BCUT2D eigenvalue weighted by Gasteiger charge is 2.23. The summed E-state index contributed by atoms with van der Waals surface area (Å²) in [4.78, 5) is 59.5. The first-order valence-electron chi connectivity index (χ1n) is 9.87. The van der Waals surface area contributed by atoms with Gasteiger partial charge in [0.15, 0.2) is 0 Å². The SMILES string of the molecule is O=C(CCCNC(=O)c1cccc(I)c1)N[C@@H](CCCCN1C(=O)C=CC1=O)C(=O)O. The average Bonchev–Trinajstić information content (AvgIpc) is 3.04. The Morgan fingerprint density at radius 1 is 1.06 bits per heavy atom. The van der Waals surface area contributed by atoms with Gasteiger partial charge in [-0.2, -0.15) is 0 Å². The number of carbonyl (C=O) groups excluding carboxylic acids is 4. The van der Waals surface area contributed by atoms with E-state index in [1.54, 1.807) is 18.2 Å². The second-order valence-electron chi connectivity index (χ2n) is 6.99. The van der Waals surface area contributed by atoms with Gasteiger partial charge in [-0.05, 0) is 66.5 Å². The van der Waals surface area contributed by atoms with E-state index in [2.05, 4.69) is 33.2 Å². The monoisotopic (exact) mass is 541 g/mol. The van der Waals surface area contributed by atoms with Crippen molar-refractivity contribution in [1.29, 1.82) is 0 Å². The van der Waals surface area contributed by atoms with Crippen LogP contribution in [0.5, 0.6) is 0 Å². The summed E-state index contributed by atoms with van der Waals surface area (Å²) < 4.78 is 0.944. The Hall–Kier alpha value is -2.76. The number of amides is 4. The van der Waals surface area contributed by atoms with Gasteiger partial charge in [0.1, 0.15) is 6.04 Å². The normalized spacial score (nSPS) is 13.9. The zero-order chi connectivity index (χ0) is 22.8. The van der Waals surface area contributed by atoms with Crippen molar-refractivity contribution >= 4 is 52.2 Å². The molecule has 0 saturated heterocycles. The van der Waals surface area contributed by atoms with Crippen molar-refractivity contribution in [2.45, 2.75) is 38.1 Å². The summed E-state index contributed by atoms with van der Waals surface area (Å²) >= 11 is 2.12. The van der Waals surface area contributed by atoms with E-state index in [-0.39, 0.29) is 37.1 Å². The molecule has 3 N–H and O–H groups in total. The zero-order valence-electron chi connectivity index (χ0n) is 16.8. The molecule has 1 atom stereocenters. The minimum Gasteiger partial charge on any atom is -0.480 e. The van der Waals surface area contributed by atoms with E-state index in [9.17, 15) is 29.1 Å². The molecule has 1 aromatic rings. The van der Waals surface area contributed by atoms with Crippen LogP contribution in [0.25, 0.3) is 0 Å². The molecule has 0 radical (unpaired) electrons. The molecule has 0 fully saturated rings. The molecule has 1 aliphatic rings. The van der Waals surface area contributed by atoms with Gasteiger partial charge in [-0.1, -0.05) is 6.07 Å². The molecule has 10 heteroatoms. The fourth-order valence-corrected chi connectivity index (χ4v) is 3.52. The van der Waals surface area contributed by atoms with Gasteiger partial charge in [0.2, 0.25) is 5.91 Å². The van der Waals surface area contributed by atoms with Crippen LogP contribution in [0.4, 0.5) is 0 Å². The summed E-state index contributed by atoms with van der Waals surface area (Å²) in [7, 11) is 0. The molecule has 1 heterocycles. The van der Waals surface area contributed by atoms with E-state index >= 15 is 0 Å². The second kappa shape index (κ2) is 12.2. The lowest BCUT2D eigenvalue weighted by atomic mass is 10.1. The molecule has 0 aliphatic carbocycles. The van der Waals surface area contributed by atoms with Gasteiger partial charge in [0, 0.05) is 40.8 Å². The number of carbonyl (C=O) groups is 5. The van der Waals surface area contributed by atoms with E-state index in [1.807, 2.05) is 6.07 Å².